The number of benzene rings is 2. The number of carbonyl (C=O) groups excluding carboxylic acids is 1. The van der Waals surface area contributed by atoms with Crippen LogP contribution in [-0.4, -0.2) is 20.9 Å². The Morgan fingerprint density at radius 3 is 2.78 bits per heavy atom. The standard InChI is InChI=1S/C21H18N4O2/c26-21(23-12-15-3-8-19-20(10-15)25-14-24-19)17-4-6-18(7-5-17)27-13-16-2-1-9-22-11-16/h1-11,14H,12-13H2,(H,23,26)(H,24,25). The Bertz CT molecular complexity index is 1040. The Hall–Kier alpha value is -3.67. The lowest BCUT2D eigenvalue weighted by atomic mass is 10.1. The maximum atomic E-state index is 12.3. The van der Waals surface area contributed by atoms with Crippen LogP contribution < -0.4 is 10.1 Å². The summed E-state index contributed by atoms with van der Waals surface area (Å²) in [7, 11) is 0. The van der Waals surface area contributed by atoms with Gasteiger partial charge in [-0.2, -0.15) is 0 Å². The smallest absolute Gasteiger partial charge is 0.251 e. The van der Waals surface area contributed by atoms with Crippen molar-refractivity contribution in [3.8, 4) is 5.75 Å². The number of pyridine rings is 1. The third-order valence-electron chi connectivity index (χ3n) is 4.18. The number of imidazole rings is 1. The highest BCUT2D eigenvalue weighted by molar-refractivity contribution is 5.94. The van der Waals surface area contributed by atoms with Crippen molar-refractivity contribution >= 4 is 16.9 Å². The Morgan fingerprint density at radius 2 is 1.96 bits per heavy atom. The van der Waals surface area contributed by atoms with E-state index in [2.05, 4.69) is 20.3 Å². The van der Waals surface area contributed by atoms with Gasteiger partial charge in [0.05, 0.1) is 17.4 Å². The summed E-state index contributed by atoms with van der Waals surface area (Å²) in [5, 5.41) is 2.93. The van der Waals surface area contributed by atoms with E-state index in [1.165, 1.54) is 0 Å². The first-order chi connectivity index (χ1) is 13.3. The van der Waals surface area contributed by atoms with Gasteiger partial charge in [-0.05, 0) is 48.0 Å². The molecule has 0 spiro atoms. The van der Waals surface area contributed by atoms with E-state index in [0.29, 0.717) is 24.5 Å². The summed E-state index contributed by atoms with van der Waals surface area (Å²) in [5.74, 6) is 0.582. The van der Waals surface area contributed by atoms with E-state index in [0.717, 1.165) is 22.2 Å². The zero-order valence-corrected chi connectivity index (χ0v) is 14.6. The molecule has 27 heavy (non-hydrogen) atoms. The molecule has 0 aliphatic rings. The van der Waals surface area contributed by atoms with Crippen molar-refractivity contribution in [3.63, 3.8) is 0 Å². The fraction of sp³-hybridized carbons (Fsp3) is 0.0952. The van der Waals surface area contributed by atoms with Gasteiger partial charge < -0.3 is 15.0 Å². The maximum absolute atomic E-state index is 12.3. The Labute approximate surface area is 156 Å². The molecule has 6 heteroatoms. The van der Waals surface area contributed by atoms with Crippen molar-refractivity contribution < 1.29 is 9.53 Å². The maximum Gasteiger partial charge on any atom is 0.251 e. The molecule has 0 radical (unpaired) electrons. The van der Waals surface area contributed by atoms with Gasteiger partial charge in [-0.1, -0.05) is 12.1 Å². The first-order valence-corrected chi connectivity index (χ1v) is 8.60. The molecule has 0 atom stereocenters. The quantitative estimate of drug-likeness (QED) is 0.553. The van der Waals surface area contributed by atoms with Crippen LogP contribution >= 0.6 is 0 Å². The third-order valence-corrected chi connectivity index (χ3v) is 4.18. The number of carbonyl (C=O) groups is 1. The van der Waals surface area contributed by atoms with Crippen LogP contribution in [0.4, 0.5) is 0 Å². The molecule has 2 aromatic heterocycles. The molecule has 0 fully saturated rings. The van der Waals surface area contributed by atoms with Crippen molar-refractivity contribution in [1.82, 2.24) is 20.3 Å². The highest BCUT2D eigenvalue weighted by Crippen LogP contribution is 2.15. The Kier molecular flexibility index (Phi) is 4.78. The minimum Gasteiger partial charge on any atom is -0.489 e. The van der Waals surface area contributed by atoms with E-state index < -0.39 is 0 Å². The van der Waals surface area contributed by atoms with Crippen molar-refractivity contribution in [2.45, 2.75) is 13.2 Å². The van der Waals surface area contributed by atoms with Gasteiger partial charge in [-0.15, -0.1) is 0 Å². The second-order valence-corrected chi connectivity index (χ2v) is 6.11. The lowest BCUT2D eigenvalue weighted by molar-refractivity contribution is 0.0951. The summed E-state index contributed by atoms with van der Waals surface area (Å²) in [5.41, 5.74) is 4.46. The van der Waals surface area contributed by atoms with Crippen molar-refractivity contribution in [1.29, 1.82) is 0 Å². The van der Waals surface area contributed by atoms with Crippen molar-refractivity contribution in [2.75, 3.05) is 0 Å². The van der Waals surface area contributed by atoms with E-state index >= 15 is 0 Å². The van der Waals surface area contributed by atoms with Crippen LogP contribution in [0.1, 0.15) is 21.5 Å². The number of nitrogens with one attached hydrogen (secondary N) is 2. The van der Waals surface area contributed by atoms with E-state index in [1.54, 1.807) is 43.0 Å². The lowest BCUT2D eigenvalue weighted by Crippen LogP contribution is -2.22. The molecule has 4 rings (SSSR count). The first-order valence-electron chi connectivity index (χ1n) is 8.60. The van der Waals surface area contributed by atoms with E-state index in [1.807, 2.05) is 30.3 Å². The summed E-state index contributed by atoms with van der Waals surface area (Å²) >= 11 is 0. The van der Waals surface area contributed by atoms with Gasteiger partial charge in [0.2, 0.25) is 0 Å². The molecule has 0 bridgehead atoms. The molecule has 6 nitrogen and oxygen atoms in total. The van der Waals surface area contributed by atoms with Gasteiger partial charge in [0.1, 0.15) is 12.4 Å². The minimum atomic E-state index is -0.126. The topological polar surface area (TPSA) is 79.9 Å². The third kappa shape index (κ3) is 4.12. The molecule has 0 aliphatic carbocycles. The molecule has 2 heterocycles. The SMILES string of the molecule is O=C(NCc1ccc2nc[nH]c2c1)c1ccc(OCc2cccnc2)cc1. The number of nitrogens with zero attached hydrogens (tertiary/aromatic N) is 2. The second-order valence-electron chi connectivity index (χ2n) is 6.11. The van der Waals surface area contributed by atoms with E-state index in [9.17, 15) is 4.79 Å². The van der Waals surface area contributed by atoms with Crippen LogP contribution in [0.3, 0.4) is 0 Å². The van der Waals surface area contributed by atoms with Gasteiger partial charge >= 0.3 is 0 Å². The van der Waals surface area contributed by atoms with Gasteiger partial charge in [0.25, 0.3) is 5.91 Å². The highest BCUT2D eigenvalue weighted by Gasteiger charge is 2.06. The molecular weight excluding hydrogens is 340 g/mol. The van der Waals surface area contributed by atoms with E-state index in [-0.39, 0.29) is 5.91 Å². The van der Waals surface area contributed by atoms with Crippen LogP contribution in [0, 0.1) is 0 Å². The zero-order valence-electron chi connectivity index (χ0n) is 14.6. The second kappa shape index (κ2) is 7.70. The van der Waals surface area contributed by atoms with Crippen LogP contribution in [0.2, 0.25) is 0 Å². The average molecular weight is 358 g/mol. The molecule has 4 aromatic rings. The fourth-order valence-corrected chi connectivity index (χ4v) is 2.73. The molecule has 1 amide bonds. The zero-order chi connectivity index (χ0) is 18.5. The fourth-order valence-electron chi connectivity index (χ4n) is 2.73. The van der Waals surface area contributed by atoms with Crippen LogP contribution in [0.25, 0.3) is 11.0 Å². The molecule has 2 aromatic carbocycles. The number of aromatic nitrogens is 3. The number of fused-ring (bicyclic) bond motifs is 1. The van der Waals surface area contributed by atoms with E-state index in [4.69, 9.17) is 4.74 Å². The summed E-state index contributed by atoms with van der Waals surface area (Å²) in [6.45, 7) is 0.891. The van der Waals surface area contributed by atoms with Crippen molar-refractivity contribution in [2.24, 2.45) is 0 Å². The molecule has 134 valence electrons. The molecule has 0 unspecified atom stereocenters. The first kappa shape index (κ1) is 16.8. The molecule has 0 saturated heterocycles. The molecule has 0 saturated carbocycles. The van der Waals surface area contributed by atoms with Gasteiger partial charge in [-0.25, -0.2) is 4.98 Å². The summed E-state index contributed by atoms with van der Waals surface area (Å²) in [6.07, 6.45) is 5.15. The largest absolute Gasteiger partial charge is 0.489 e. The number of hydrogen-bond donors (Lipinski definition) is 2. The summed E-state index contributed by atoms with van der Waals surface area (Å²) in [6, 6.07) is 16.8. The molecule has 2 N–H and O–H groups in total. The number of amides is 1. The number of rotatable bonds is 6. The van der Waals surface area contributed by atoms with Crippen LogP contribution in [0.5, 0.6) is 5.75 Å². The minimum absolute atomic E-state index is 0.126. The molecule has 0 aliphatic heterocycles. The van der Waals surface area contributed by atoms with Crippen LogP contribution in [-0.2, 0) is 13.2 Å². The Balaban J connectivity index is 1.33. The van der Waals surface area contributed by atoms with Gasteiger partial charge in [-0.3, -0.25) is 9.78 Å². The Morgan fingerprint density at radius 1 is 1.07 bits per heavy atom. The average Bonchev–Trinajstić information content (AvgIpc) is 3.19. The van der Waals surface area contributed by atoms with Crippen LogP contribution in [0.15, 0.2) is 73.3 Å². The van der Waals surface area contributed by atoms with Gasteiger partial charge in [0.15, 0.2) is 0 Å². The highest BCUT2D eigenvalue weighted by atomic mass is 16.5. The number of ether oxygens (including phenoxy) is 1. The molecular formula is C21H18N4O2. The van der Waals surface area contributed by atoms with Gasteiger partial charge in [0, 0.05) is 30.1 Å². The number of H-pyrrole nitrogens is 1. The lowest BCUT2D eigenvalue weighted by Gasteiger charge is -2.08. The summed E-state index contributed by atoms with van der Waals surface area (Å²) in [4.78, 5) is 23.7. The predicted molar refractivity (Wildman–Crippen MR) is 102 cm³/mol. The summed E-state index contributed by atoms with van der Waals surface area (Å²) < 4.78 is 5.71. The number of aromatic amines is 1. The number of hydrogen-bond acceptors (Lipinski definition) is 4. The normalized spacial score (nSPS) is 10.7. The predicted octanol–water partition coefficient (Wildman–Crippen LogP) is 3.47. The monoisotopic (exact) mass is 358 g/mol. The van der Waals surface area contributed by atoms with Crippen molar-refractivity contribution in [3.05, 3.63) is 90.0 Å².